The summed E-state index contributed by atoms with van der Waals surface area (Å²) in [6.07, 6.45) is 4.03. The number of halogens is 1. The third-order valence-corrected chi connectivity index (χ3v) is 4.74. The first-order chi connectivity index (χ1) is 6.92. The molecule has 1 aliphatic rings. The Morgan fingerprint density at radius 1 is 1.27 bits per heavy atom. The Hall–Kier alpha value is 0.160. The zero-order valence-electron chi connectivity index (χ0n) is 9.24. The lowest BCUT2D eigenvalue weighted by Gasteiger charge is -2.25. The van der Waals surface area contributed by atoms with Crippen molar-refractivity contribution in [3.63, 3.8) is 0 Å². The number of alkyl halides is 1. The summed E-state index contributed by atoms with van der Waals surface area (Å²) in [6.45, 7) is 0.532. The molecule has 1 N–H and O–H groups in total. The minimum Gasteiger partial charge on any atom is -0.202 e. The second-order valence-electron chi connectivity index (χ2n) is 4.25. The van der Waals surface area contributed by atoms with Crippen LogP contribution in [0.1, 0.15) is 25.7 Å². The van der Waals surface area contributed by atoms with Crippen molar-refractivity contribution >= 4 is 21.8 Å². The molecule has 0 heterocycles. The van der Waals surface area contributed by atoms with Gasteiger partial charge in [0.1, 0.15) is 0 Å². The van der Waals surface area contributed by atoms with Gasteiger partial charge in [-0.05, 0) is 31.6 Å². The van der Waals surface area contributed by atoms with Gasteiger partial charge in [-0.2, -0.15) is 12.7 Å². The second-order valence-corrected chi connectivity index (χ2v) is 6.84. The Labute approximate surface area is 97.2 Å². The van der Waals surface area contributed by atoms with E-state index in [2.05, 4.69) is 4.72 Å². The van der Waals surface area contributed by atoms with Gasteiger partial charge in [0.15, 0.2) is 0 Å². The van der Waals surface area contributed by atoms with Crippen molar-refractivity contribution in [2.75, 3.05) is 20.6 Å². The molecule has 0 aromatic carbocycles. The summed E-state index contributed by atoms with van der Waals surface area (Å²) < 4.78 is 26.6. The molecule has 1 aliphatic carbocycles. The van der Waals surface area contributed by atoms with Crippen LogP contribution in [0.4, 0.5) is 0 Å². The van der Waals surface area contributed by atoms with Gasteiger partial charge >= 0.3 is 0 Å². The van der Waals surface area contributed by atoms with Crippen LogP contribution in [0.15, 0.2) is 0 Å². The molecule has 0 aromatic rings. The molecule has 0 amide bonds. The molecule has 90 valence electrons. The third kappa shape index (κ3) is 4.26. The van der Waals surface area contributed by atoms with E-state index in [-0.39, 0.29) is 5.38 Å². The number of nitrogens with zero attached hydrogens (tertiary/aromatic N) is 1. The summed E-state index contributed by atoms with van der Waals surface area (Å²) >= 11 is 5.98. The Kier molecular flexibility index (Phi) is 4.83. The van der Waals surface area contributed by atoms with Crippen LogP contribution in [0.2, 0.25) is 0 Å². The fourth-order valence-corrected chi connectivity index (χ4v) is 2.63. The largest absolute Gasteiger partial charge is 0.278 e. The van der Waals surface area contributed by atoms with Crippen molar-refractivity contribution in [3.05, 3.63) is 0 Å². The van der Waals surface area contributed by atoms with E-state index >= 15 is 0 Å². The summed E-state index contributed by atoms with van der Waals surface area (Å²) in [5.74, 6) is 0.440. The quantitative estimate of drug-likeness (QED) is 0.766. The zero-order valence-corrected chi connectivity index (χ0v) is 10.8. The normalized spacial score (nSPS) is 28.3. The van der Waals surface area contributed by atoms with E-state index in [0.717, 1.165) is 25.7 Å². The monoisotopic (exact) mass is 254 g/mol. The molecule has 0 bridgehead atoms. The second kappa shape index (κ2) is 5.48. The van der Waals surface area contributed by atoms with E-state index in [1.54, 1.807) is 0 Å². The van der Waals surface area contributed by atoms with Gasteiger partial charge in [-0.25, -0.2) is 4.72 Å². The zero-order chi connectivity index (χ0) is 11.5. The minimum absolute atomic E-state index is 0.284. The molecule has 6 heteroatoms. The smallest absolute Gasteiger partial charge is 0.202 e. The van der Waals surface area contributed by atoms with Crippen LogP contribution < -0.4 is 4.72 Å². The van der Waals surface area contributed by atoms with Gasteiger partial charge in [-0.3, -0.25) is 0 Å². The van der Waals surface area contributed by atoms with Crippen molar-refractivity contribution in [2.24, 2.45) is 5.92 Å². The SMILES string of the molecule is CN(C)S(=O)(=O)NCC1CCC(Cl)CC1. The number of hydrogen-bond acceptors (Lipinski definition) is 2. The average molecular weight is 255 g/mol. The predicted octanol–water partition coefficient (Wildman–Crippen LogP) is 1.18. The van der Waals surface area contributed by atoms with Crippen LogP contribution in [0.3, 0.4) is 0 Å². The lowest BCUT2D eigenvalue weighted by molar-refractivity contribution is 0.358. The maximum Gasteiger partial charge on any atom is 0.278 e. The average Bonchev–Trinajstić information content (AvgIpc) is 2.17. The molecule has 0 aliphatic heterocycles. The standard InChI is InChI=1S/C9H19ClN2O2S/c1-12(2)15(13,14)11-7-8-3-5-9(10)6-4-8/h8-9,11H,3-7H2,1-2H3. The van der Waals surface area contributed by atoms with E-state index in [4.69, 9.17) is 11.6 Å². The molecular weight excluding hydrogens is 236 g/mol. The van der Waals surface area contributed by atoms with Gasteiger partial charge in [0.05, 0.1) is 0 Å². The fraction of sp³-hybridized carbons (Fsp3) is 1.00. The topological polar surface area (TPSA) is 49.4 Å². The van der Waals surface area contributed by atoms with E-state index < -0.39 is 10.2 Å². The summed E-state index contributed by atoms with van der Waals surface area (Å²) in [6, 6.07) is 0. The van der Waals surface area contributed by atoms with E-state index in [9.17, 15) is 8.42 Å². The molecule has 15 heavy (non-hydrogen) atoms. The highest BCUT2D eigenvalue weighted by Gasteiger charge is 2.21. The van der Waals surface area contributed by atoms with Crippen LogP contribution >= 0.6 is 11.6 Å². The maximum atomic E-state index is 11.4. The first kappa shape index (κ1) is 13.2. The molecule has 0 unspecified atom stereocenters. The van der Waals surface area contributed by atoms with Crippen molar-refractivity contribution in [1.29, 1.82) is 0 Å². The predicted molar refractivity (Wildman–Crippen MR) is 62.2 cm³/mol. The molecule has 1 saturated carbocycles. The first-order valence-electron chi connectivity index (χ1n) is 5.23. The molecule has 4 nitrogen and oxygen atoms in total. The van der Waals surface area contributed by atoms with Crippen molar-refractivity contribution in [2.45, 2.75) is 31.1 Å². The van der Waals surface area contributed by atoms with Crippen molar-refractivity contribution in [1.82, 2.24) is 9.03 Å². The van der Waals surface area contributed by atoms with Gasteiger partial charge in [0, 0.05) is 26.0 Å². The van der Waals surface area contributed by atoms with Gasteiger partial charge in [0.25, 0.3) is 10.2 Å². The molecule has 0 atom stereocenters. The molecule has 0 radical (unpaired) electrons. The summed E-state index contributed by atoms with van der Waals surface area (Å²) in [4.78, 5) is 0. The molecular formula is C9H19ClN2O2S. The van der Waals surface area contributed by atoms with E-state index in [0.29, 0.717) is 12.5 Å². The first-order valence-corrected chi connectivity index (χ1v) is 7.10. The number of nitrogens with one attached hydrogen (secondary N) is 1. The summed E-state index contributed by atoms with van der Waals surface area (Å²) in [5, 5.41) is 0.284. The highest BCUT2D eigenvalue weighted by molar-refractivity contribution is 7.87. The van der Waals surface area contributed by atoms with Gasteiger partial charge in [-0.1, -0.05) is 0 Å². The lowest BCUT2D eigenvalue weighted by atomic mass is 9.89. The molecule has 0 spiro atoms. The molecule has 1 fully saturated rings. The van der Waals surface area contributed by atoms with Gasteiger partial charge < -0.3 is 0 Å². The number of hydrogen-bond donors (Lipinski definition) is 1. The Bertz CT molecular complexity index is 284. The molecule has 1 rings (SSSR count). The van der Waals surface area contributed by atoms with Gasteiger partial charge in [0.2, 0.25) is 0 Å². The van der Waals surface area contributed by atoms with Gasteiger partial charge in [-0.15, -0.1) is 11.6 Å². The van der Waals surface area contributed by atoms with E-state index in [1.807, 2.05) is 0 Å². The van der Waals surface area contributed by atoms with Crippen LogP contribution in [-0.4, -0.2) is 38.7 Å². The van der Waals surface area contributed by atoms with Crippen molar-refractivity contribution < 1.29 is 8.42 Å². The maximum absolute atomic E-state index is 11.4. The summed E-state index contributed by atoms with van der Waals surface area (Å²) in [7, 11) is -0.209. The minimum atomic E-state index is -3.26. The van der Waals surface area contributed by atoms with Crippen LogP contribution in [0.25, 0.3) is 0 Å². The van der Waals surface area contributed by atoms with Crippen LogP contribution in [-0.2, 0) is 10.2 Å². The van der Waals surface area contributed by atoms with Crippen LogP contribution in [0, 0.1) is 5.92 Å². The van der Waals surface area contributed by atoms with Crippen LogP contribution in [0.5, 0.6) is 0 Å². The third-order valence-electron chi connectivity index (χ3n) is 2.81. The Balaban J connectivity index is 2.32. The van der Waals surface area contributed by atoms with E-state index in [1.165, 1.54) is 18.4 Å². The Morgan fingerprint density at radius 3 is 2.27 bits per heavy atom. The summed E-state index contributed by atoms with van der Waals surface area (Å²) in [5.41, 5.74) is 0. The highest BCUT2D eigenvalue weighted by Crippen LogP contribution is 2.27. The molecule has 0 saturated heterocycles. The highest BCUT2D eigenvalue weighted by atomic mass is 35.5. The molecule has 0 aromatic heterocycles. The number of rotatable bonds is 4. The lowest BCUT2D eigenvalue weighted by Crippen LogP contribution is -2.39. The Morgan fingerprint density at radius 2 is 1.80 bits per heavy atom. The fourth-order valence-electron chi connectivity index (χ4n) is 1.68. The van der Waals surface area contributed by atoms with Crippen molar-refractivity contribution in [3.8, 4) is 0 Å².